The molecule has 4 fully saturated rings. The molecule has 0 radical (unpaired) electrons. The van der Waals surface area contributed by atoms with Gasteiger partial charge < -0.3 is 30.4 Å². The lowest BCUT2D eigenvalue weighted by molar-refractivity contribution is -0.384. The fourth-order valence-corrected chi connectivity index (χ4v) is 11.4. The summed E-state index contributed by atoms with van der Waals surface area (Å²) < 4.78 is 42.0. The van der Waals surface area contributed by atoms with Gasteiger partial charge in [0.2, 0.25) is 5.82 Å². The number of aromatic nitrogens is 3. The monoisotopic (exact) mass is 905 g/mol. The number of piperidine rings is 1. The van der Waals surface area contributed by atoms with Gasteiger partial charge in [-0.1, -0.05) is 57.9 Å². The zero-order valence-corrected chi connectivity index (χ0v) is 38.1. The first-order chi connectivity index (χ1) is 31.3. The van der Waals surface area contributed by atoms with Crippen molar-refractivity contribution < 1.29 is 27.6 Å². The van der Waals surface area contributed by atoms with E-state index in [1.165, 1.54) is 17.2 Å². The number of rotatable bonds is 13. The number of ether oxygens (including phenoxy) is 2. The van der Waals surface area contributed by atoms with E-state index in [-0.39, 0.29) is 40.2 Å². The average molecular weight is 906 g/mol. The Balaban J connectivity index is 0.913. The molecule has 0 bridgehead atoms. The first-order valence-corrected chi connectivity index (χ1v) is 24.4. The van der Waals surface area contributed by atoms with Crippen molar-refractivity contribution in [1.82, 2.24) is 24.6 Å². The smallest absolute Gasteiger partial charge is 0.312 e. The van der Waals surface area contributed by atoms with Crippen LogP contribution in [0.15, 0.2) is 78.0 Å². The van der Waals surface area contributed by atoms with Gasteiger partial charge in [-0.3, -0.25) is 19.8 Å². The number of nitrogen functional groups attached to an aromatic ring is 1. The molecule has 2 saturated carbocycles. The van der Waals surface area contributed by atoms with Gasteiger partial charge in [0, 0.05) is 61.6 Å². The summed E-state index contributed by atoms with van der Waals surface area (Å²) in [6, 6.07) is 19.0. The molecule has 5 heterocycles. The molecule has 344 valence electrons. The van der Waals surface area contributed by atoms with Crippen molar-refractivity contribution in [2.45, 2.75) is 95.0 Å². The summed E-state index contributed by atoms with van der Waals surface area (Å²) in [5.74, 6) is 0.739. The lowest BCUT2D eigenvalue weighted by Gasteiger charge is -2.57. The summed E-state index contributed by atoms with van der Waals surface area (Å²) in [7, 11) is -4.63. The molecular formula is C48H59N9O7S. The number of nitrogens with two attached hydrogens (primary N) is 1. The fraction of sp³-hybridized carbons (Fsp3) is 0.479. The SMILES string of the molecule is CC(C)c1ccccc1[C@@H]1COCCN1C1CC2(CCN(c3ccc(C(=O)NS(=O)(=O)c4cnc(NC[C@H]5CC[C@@H](C)CC5)c([N+](=O)[O-])c4)c(Oc4cc5cc[nH]c5nc4N)c3)CC2)C1. The number of H-pyrrole nitrogens is 1. The van der Waals surface area contributed by atoms with Gasteiger partial charge in [-0.05, 0) is 97.1 Å². The van der Waals surface area contributed by atoms with Gasteiger partial charge in [0.25, 0.3) is 15.9 Å². The molecule has 2 saturated heterocycles. The highest BCUT2D eigenvalue weighted by atomic mass is 32.2. The van der Waals surface area contributed by atoms with E-state index in [0.29, 0.717) is 42.6 Å². The second kappa shape index (κ2) is 18.2. The minimum atomic E-state index is -4.63. The Labute approximate surface area is 379 Å². The number of morpholine rings is 1. The standard InChI is InChI=1S/C48H59N9O7S/c1-30(2)37-6-4-5-7-38(37)41-29-63-21-20-56(41)35-25-48(26-35)15-18-55(19-16-48)34-12-13-39(42(23-34)64-43-22-33-14-17-50-45(33)53-44(43)49)47(58)54-65(61,62)36-24-40(57(59)60)46(52-28-36)51-27-32-10-8-31(3)9-11-32/h4-7,12-14,17,22-24,28,30-32,35,41H,8-11,15-16,18-21,25-27,29H2,1-3H3,(H,51,52)(H,54,58)(H3,49,50,53)/t31-,32+,41-/m0/s1. The first-order valence-electron chi connectivity index (χ1n) is 22.9. The van der Waals surface area contributed by atoms with Gasteiger partial charge in [-0.15, -0.1) is 0 Å². The molecule has 1 amide bonds. The number of benzene rings is 2. The van der Waals surface area contributed by atoms with Crippen LogP contribution in [0.2, 0.25) is 0 Å². The zero-order chi connectivity index (χ0) is 45.5. The average Bonchev–Trinajstić information content (AvgIpc) is 3.75. The van der Waals surface area contributed by atoms with E-state index in [2.05, 4.69) is 79.8 Å². The number of carbonyl (C=O) groups is 1. The van der Waals surface area contributed by atoms with Gasteiger partial charge in [0.05, 0.1) is 35.9 Å². The fourth-order valence-electron chi connectivity index (χ4n) is 10.5. The number of sulfonamides is 1. The molecule has 16 nitrogen and oxygen atoms in total. The summed E-state index contributed by atoms with van der Waals surface area (Å²) in [6.45, 7) is 11.2. The molecule has 5 N–H and O–H groups in total. The predicted molar refractivity (Wildman–Crippen MR) is 250 cm³/mol. The second-order valence-electron chi connectivity index (χ2n) is 19.0. The lowest BCUT2D eigenvalue weighted by atomic mass is 9.59. The predicted octanol–water partition coefficient (Wildman–Crippen LogP) is 8.54. The number of nitrogens with one attached hydrogen (secondary N) is 3. The van der Waals surface area contributed by atoms with Crippen LogP contribution in [0.25, 0.3) is 11.0 Å². The Hall–Kier alpha value is -5.78. The van der Waals surface area contributed by atoms with Crippen LogP contribution in [0.1, 0.15) is 106 Å². The number of nitro groups is 1. The third-order valence-electron chi connectivity index (χ3n) is 14.4. The Morgan fingerprint density at radius 3 is 2.57 bits per heavy atom. The summed E-state index contributed by atoms with van der Waals surface area (Å²) in [5, 5.41) is 15.9. The number of amides is 1. The zero-order valence-electron chi connectivity index (χ0n) is 37.3. The van der Waals surface area contributed by atoms with Crippen LogP contribution in [0.4, 0.5) is 23.0 Å². The number of nitrogens with zero attached hydrogens (tertiary/aromatic N) is 5. The highest BCUT2D eigenvalue weighted by molar-refractivity contribution is 7.90. The second-order valence-corrected chi connectivity index (χ2v) is 20.7. The Kier molecular flexibility index (Phi) is 12.5. The van der Waals surface area contributed by atoms with Gasteiger partial charge in [-0.2, -0.15) is 0 Å². The Morgan fingerprint density at radius 1 is 1.05 bits per heavy atom. The van der Waals surface area contributed by atoms with E-state index in [9.17, 15) is 23.3 Å². The number of carbonyl (C=O) groups excluding carboxylic acids is 1. The van der Waals surface area contributed by atoms with Crippen molar-refractivity contribution >= 4 is 50.0 Å². The van der Waals surface area contributed by atoms with Crippen LogP contribution in [0.3, 0.4) is 0 Å². The third-order valence-corrected chi connectivity index (χ3v) is 15.7. The maximum atomic E-state index is 14.0. The van der Waals surface area contributed by atoms with Crippen LogP contribution >= 0.6 is 0 Å². The maximum Gasteiger partial charge on any atom is 0.312 e. The van der Waals surface area contributed by atoms with Gasteiger partial charge in [-0.25, -0.2) is 23.1 Å². The van der Waals surface area contributed by atoms with E-state index in [1.807, 2.05) is 6.07 Å². The molecule has 17 heteroatoms. The van der Waals surface area contributed by atoms with Crippen LogP contribution in [-0.4, -0.2) is 84.5 Å². The quantitative estimate of drug-likeness (QED) is 0.0645. The van der Waals surface area contributed by atoms with E-state index in [0.717, 1.165) is 101 Å². The number of anilines is 3. The number of hydrogen-bond acceptors (Lipinski definition) is 13. The normalized spacial score (nSPS) is 21.6. The maximum absolute atomic E-state index is 14.0. The molecule has 1 spiro atoms. The topological polar surface area (TPSA) is 211 Å². The van der Waals surface area contributed by atoms with Crippen molar-refractivity contribution in [2.24, 2.45) is 17.3 Å². The minimum absolute atomic E-state index is 0.0227. The Bertz CT molecular complexity index is 2670. The molecule has 65 heavy (non-hydrogen) atoms. The van der Waals surface area contributed by atoms with Gasteiger partial charge >= 0.3 is 5.69 Å². The summed E-state index contributed by atoms with van der Waals surface area (Å²) in [4.78, 5) is 41.5. The highest BCUT2D eigenvalue weighted by Gasteiger charge is 2.49. The van der Waals surface area contributed by atoms with Gasteiger partial charge in [0.1, 0.15) is 16.3 Å². The van der Waals surface area contributed by atoms with E-state index >= 15 is 0 Å². The molecule has 0 unspecified atom stereocenters. The number of hydrogen-bond donors (Lipinski definition) is 4. The van der Waals surface area contributed by atoms with Crippen molar-refractivity contribution in [1.29, 1.82) is 0 Å². The summed E-state index contributed by atoms with van der Waals surface area (Å²) in [5.41, 5.74) is 10.1. The number of pyridine rings is 2. The Morgan fingerprint density at radius 2 is 1.82 bits per heavy atom. The molecule has 2 aromatic carbocycles. The molecule has 5 aromatic rings. The van der Waals surface area contributed by atoms with Crippen LogP contribution in [0.5, 0.6) is 11.5 Å². The largest absolute Gasteiger partial charge is 0.453 e. The number of aromatic amines is 1. The molecule has 1 atom stereocenters. The van der Waals surface area contributed by atoms with E-state index in [1.54, 1.807) is 24.4 Å². The lowest BCUT2D eigenvalue weighted by Crippen LogP contribution is -2.58. The number of fused-ring (bicyclic) bond motifs is 1. The van der Waals surface area contributed by atoms with Crippen molar-refractivity contribution in [3.8, 4) is 11.5 Å². The van der Waals surface area contributed by atoms with Crippen LogP contribution in [-0.2, 0) is 14.8 Å². The molecule has 9 rings (SSSR count). The molecule has 3 aromatic heterocycles. The van der Waals surface area contributed by atoms with Crippen LogP contribution < -0.4 is 25.4 Å². The van der Waals surface area contributed by atoms with Crippen molar-refractivity contribution in [3.05, 3.63) is 99.9 Å². The molecule has 4 aliphatic rings. The molecule has 2 aliphatic heterocycles. The van der Waals surface area contributed by atoms with Crippen molar-refractivity contribution in [3.63, 3.8) is 0 Å². The third kappa shape index (κ3) is 9.36. The summed E-state index contributed by atoms with van der Waals surface area (Å²) in [6.07, 6.45) is 11.2. The van der Waals surface area contributed by atoms with E-state index in [4.69, 9.17) is 15.2 Å². The first kappa shape index (κ1) is 44.4. The van der Waals surface area contributed by atoms with E-state index < -0.39 is 31.4 Å². The highest BCUT2D eigenvalue weighted by Crippen LogP contribution is 2.53. The summed E-state index contributed by atoms with van der Waals surface area (Å²) >= 11 is 0. The van der Waals surface area contributed by atoms with Crippen LogP contribution in [0, 0.1) is 27.4 Å². The minimum Gasteiger partial charge on any atom is -0.453 e. The van der Waals surface area contributed by atoms with Gasteiger partial charge in [0.15, 0.2) is 11.6 Å². The molecular weight excluding hydrogens is 847 g/mol. The van der Waals surface area contributed by atoms with Crippen molar-refractivity contribution in [2.75, 3.05) is 55.3 Å². The molecule has 2 aliphatic carbocycles.